The second kappa shape index (κ2) is 5.74. The molecule has 1 aromatic heterocycles. The van der Waals surface area contributed by atoms with Crippen LogP contribution in [0.15, 0.2) is 22.8 Å². The zero-order valence-corrected chi connectivity index (χ0v) is 14.6. The van der Waals surface area contributed by atoms with E-state index in [-0.39, 0.29) is 17.2 Å². The number of nitrogens with zero attached hydrogens (tertiary/aromatic N) is 1. The molecule has 1 saturated heterocycles. The molecule has 1 aliphatic rings. The summed E-state index contributed by atoms with van der Waals surface area (Å²) in [7, 11) is 0. The molecular weight excluding hydrogens is 316 g/mol. The quantitative estimate of drug-likeness (QED) is 0.896. The lowest BCUT2D eigenvalue weighted by Gasteiger charge is -2.33. The topological polar surface area (TPSA) is 34.2 Å². The second-order valence-electron chi connectivity index (χ2n) is 6.68. The molecule has 3 nitrogen and oxygen atoms in total. The van der Waals surface area contributed by atoms with Crippen molar-refractivity contribution in [2.45, 2.75) is 58.3 Å². The predicted molar refractivity (Wildman–Crippen MR) is 85.7 cm³/mol. The molecule has 1 aromatic rings. The number of halogens is 1. The Morgan fingerprint density at radius 1 is 1.45 bits per heavy atom. The first-order valence-electron chi connectivity index (χ1n) is 7.31. The summed E-state index contributed by atoms with van der Waals surface area (Å²) >= 11 is 3.64. The summed E-state index contributed by atoms with van der Waals surface area (Å²) in [5, 5.41) is 3.60. The van der Waals surface area contributed by atoms with Crippen molar-refractivity contribution < 1.29 is 4.74 Å². The van der Waals surface area contributed by atoms with Gasteiger partial charge in [0.2, 0.25) is 0 Å². The average Bonchev–Trinajstić information content (AvgIpc) is 2.55. The minimum absolute atomic E-state index is 0.0803. The van der Waals surface area contributed by atoms with Crippen LogP contribution in [0.3, 0.4) is 0 Å². The summed E-state index contributed by atoms with van der Waals surface area (Å²) in [5.74, 6) is 0.392. The van der Waals surface area contributed by atoms with Crippen molar-refractivity contribution in [1.82, 2.24) is 10.3 Å². The molecule has 0 aliphatic carbocycles. The lowest BCUT2D eigenvalue weighted by Crippen LogP contribution is -2.39. The maximum absolute atomic E-state index is 6.25. The van der Waals surface area contributed by atoms with Crippen LogP contribution in [0.5, 0.6) is 0 Å². The molecule has 1 N–H and O–H groups in total. The van der Waals surface area contributed by atoms with Crippen molar-refractivity contribution in [3.63, 3.8) is 0 Å². The highest BCUT2D eigenvalue weighted by atomic mass is 79.9. The number of rotatable bonds is 4. The third-order valence-electron chi connectivity index (χ3n) is 4.05. The largest absolute Gasteiger partial charge is 0.369 e. The lowest BCUT2D eigenvalue weighted by atomic mass is 9.80. The zero-order valence-electron chi connectivity index (χ0n) is 13.0. The van der Waals surface area contributed by atoms with Gasteiger partial charge in [-0.3, -0.25) is 4.98 Å². The Balaban J connectivity index is 2.37. The molecule has 112 valence electrons. The molecule has 1 fully saturated rings. The summed E-state index contributed by atoms with van der Waals surface area (Å²) in [5.41, 5.74) is 0.838. The Morgan fingerprint density at radius 2 is 2.15 bits per heavy atom. The fourth-order valence-electron chi connectivity index (χ4n) is 3.40. The molecule has 4 heteroatoms. The molecule has 0 aromatic carbocycles. The van der Waals surface area contributed by atoms with Crippen LogP contribution >= 0.6 is 15.9 Å². The molecule has 0 spiro atoms. The highest BCUT2D eigenvalue weighted by Crippen LogP contribution is 2.48. The van der Waals surface area contributed by atoms with Crippen LogP contribution < -0.4 is 5.32 Å². The maximum Gasteiger partial charge on any atom is 0.0718 e. The van der Waals surface area contributed by atoms with Gasteiger partial charge in [0.1, 0.15) is 0 Å². The SMILES string of the molecule is CCNC(c1ncccc1Br)C1CC(C)(C)OC1(C)C. The van der Waals surface area contributed by atoms with Crippen LogP contribution in [-0.2, 0) is 4.74 Å². The number of hydrogen-bond acceptors (Lipinski definition) is 3. The lowest BCUT2D eigenvalue weighted by molar-refractivity contribution is -0.0779. The molecule has 20 heavy (non-hydrogen) atoms. The Kier molecular flexibility index (Phi) is 4.57. The zero-order chi connectivity index (χ0) is 15.0. The molecule has 2 heterocycles. The Bertz CT molecular complexity index is 473. The fourth-order valence-corrected chi connectivity index (χ4v) is 3.90. The van der Waals surface area contributed by atoms with E-state index in [1.807, 2.05) is 12.3 Å². The molecule has 1 aliphatic heterocycles. The number of nitrogens with one attached hydrogen (secondary N) is 1. The van der Waals surface area contributed by atoms with Crippen LogP contribution in [0.25, 0.3) is 0 Å². The summed E-state index contributed by atoms with van der Waals surface area (Å²) < 4.78 is 7.32. The number of ether oxygens (including phenoxy) is 1. The van der Waals surface area contributed by atoms with E-state index in [0.29, 0.717) is 5.92 Å². The highest BCUT2D eigenvalue weighted by Gasteiger charge is 2.49. The van der Waals surface area contributed by atoms with Crippen molar-refractivity contribution >= 4 is 15.9 Å². The molecule has 2 unspecified atom stereocenters. The molecule has 0 saturated carbocycles. The van der Waals surface area contributed by atoms with Crippen LogP contribution in [0, 0.1) is 5.92 Å². The first kappa shape index (κ1) is 15.9. The molecule has 0 bridgehead atoms. The first-order chi connectivity index (χ1) is 9.27. The average molecular weight is 341 g/mol. The maximum atomic E-state index is 6.25. The van der Waals surface area contributed by atoms with E-state index in [0.717, 1.165) is 23.1 Å². The second-order valence-corrected chi connectivity index (χ2v) is 7.54. The van der Waals surface area contributed by atoms with E-state index >= 15 is 0 Å². The normalized spacial score (nSPS) is 25.6. The smallest absolute Gasteiger partial charge is 0.0718 e. The fraction of sp³-hybridized carbons (Fsp3) is 0.688. The summed E-state index contributed by atoms with van der Waals surface area (Å²) in [6.45, 7) is 11.8. The van der Waals surface area contributed by atoms with Crippen molar-refractivity contribution in [2.24, 2.45) is 5.92 Å². The van der Waals surface area contributed by atoms with E-state index in [9.17, 15) is 0 Å². The Labute approximate surface area is 130 Å². The van der Waals surface area contributed by atoms with Crippen LogP contribution in [0.4, 0.5) is 0 Å². The van der Waals surface area contributed by atoms with Gasteiger partial charge in [-0.2, -0.15) is 0 Å². The van der Waals surface area contributed by atoms with E-state index in [4.69, 9.17) is 4.74 Å². The van der Waals surface area contributed by atoms with Crippen molar-refractivity contribution in [3.05, 3.63) is 28.5 Å². The van der Waals surface area contributed by atoms with Crippen molar-refractivity contribution in [1.29, 1.82) is 0 Å². The van der Waals surface area contributed by atoms with Gasteiger partial charge in [0, 0.05) is 16.6 Å². The van der Waals surface area contributed by atoms with Gasteiger partial charge in [-0.15, -0.1) is 0 Å². The standard InChI is InChI=1S/C16H25BrN2O/c1-6-18-13(14-12(17)8-7-9-19-14)11-10-15(2,3)20-16(11,4)5/h7-9,11,13,18H,6,10H2,1-5H3. The van der Waals surface area contributed by atoms with Crippen LogP contribution in [0.2, 0.25) is 0 Å². The number of aromatic nitrogens is 1. The number of hydrogen-bond donors (Lipinski definition) is 1. The van der Waals surface area contributed by atoms with Gasteiger partial charge in [-0.1, -0.05) is 6.92 Å². The van der Waals surface area contributed by atoms with E-state index in [1.54, 1.807) is 0 Å². The van der Waals surface area contributed by atoms with E-state index < -0.39 is 0 Å². The first-order valence-corrected chi connectivity index (χ1v) is 8.10. The minimum Gasteiger partial charge on any atom is -0.369 e. The van der Waals surface area contributed by atoms with Gasteiger partial charge in [0.05, 0.1) is 22.9 Å². The van der Waals surface area contributed by atoms with Gasteiger partial charge in [-0.05, 0) is 68.7 Å². The Hall–Kier alpha value is -0.450. The molecule has 0 amide bonds. The predicted octanol–water partition coefficient (Wildman–Crippen LogP) is 4.09. The van der Waals surface area contributed by atoms with Gasteiger partial charge in [0.15, 0.2) is 0 Å². The highest BCUT2D eigenvalue weighted by molar-refractivity contribution is 9.10. The van der Waals surface area contributed by atoms with Gasteiger partial charge in [0.25, 0.3) is 0 Å². The van der Waals surface area contributed by atoms with Gasteiger partial charge in [-0.25, -0.2) is 0 Å². The van der Waals surface area contributed by atoms with Gasteiger partial charge < -0.3 is 10.1 Å². The molecule has 2 atom stereocenters. The Morgan fingerprint density at radius 3 is 2.65 bits per heavy atom. The summed E-state index contributed by atoms with van der Waals surface area (Å²) in [4.78, 5) is 4.59. The minimum atomic E-state index is -0.159. The van der Waals surface area contributed by atoms with Crippen LogP contribution in [-0.4, -0.2) is 22.7 Å². The summed E-state index contributed by atoms with van der Waals surface area (Å²) in [6, 6.07) is 4.21. The third kappa shape index (κ3) is 3.23. The van der Waals surface area contributed by atoms with E-state index in [1.165, 1.54) is 0 Å². The molecule has 0 radical (unpaired) electrons. The molecule has 2 rings (SSSR count). The summed E-state index contributed by atoms with van der Waals surface area (Å²) in [6.07, 6.45) is 2.89. The van der Waals surface area contributed by atoms with E-state index in [2.05, 4.69) is 66.9 Å². The van der Waals surface area contributed by atoms with Crippen LogP contribution in [0.1, 0.15) is 52.8 Å². The van der Waals surface area contributed by atoms with Crippen molar-refractivity contribution in [3.8, 4) is 0 Å². The van der Waals surface area contributed by atoms with Gasteiger partial charge >= 0.3 is 0 Å². The third-order valence-corrected chi connectivity index (χ3v) is 4.72. The molecular formula is C16H25BrN2O. The number of pyridine rings is 1. The van der Waals surface area contributed by atoms with Crippen molar-refractivity contribution in [2.75, 3.05) is 6.54 Å². The monoisotopic (exact) mass is 340 g/mol.